The Kier molecular flexibility index (Phi) is 4.42. The van der Waals surface area contributed by atoms with Crippen LogP contribution in [0.5, 0.6) is 0 Å². The average Bonchev–Trinajstić information content (AvgIpc) is 2.36. The molecule has 1 aromatic rings. The van der Waals surface area contributed by atoms with Crippen molar-refractivity contribution in [1.29, 1.82) is 0 Å². The number of pyridine rings is 1. The van der Waals surface area contributed by atoms with Crippen LogP contribution < -0.4 is 5.32 Å². The van der Waals surface area contributed by atoms with Crippen LogP contribution in [0.3, 0.4) is 0 Å². The highest BCUT2D eigenvalue weighted by Crippen LogP contribution is 2.31. The molecule has 4 nitrogen and oxygen atoms in total. The van der Waals surface area contributed by atoms with Crippen LogP contribution in [-0.4, -0.2) is 28.1 Å². The number of carbonyl (C=O) groups is 1. The third-order valence-electron chi connectivity index (χ3n) is 3.66. The normalized spacial score (nSPS) is 27.0. The predicted molar refractivity (Wildman–Crippen MR) is 74.2 cm³/mol. The molecule has 2 unspecified atom stereocenters. The molecule has 104 valence electrons. The van der Waals surface area contributed by atoms with Gasteiger partial charge in [0.15, 0.2) is 0 Å². The minimum Gasteiger partial charge on any atom is -0.388 e. The quantitative estimate of drug-likeness (QED) is 0.895. The van der Waals surface area contributed by atoms with Gasteiger partial charge in [-0.05, 0) is 24.8 Å². The van der Waals surface area contributed by atoms with Crippen LogP contribution in [-0.2, 0) is 0 Å². The lowest BCUT2D eigenvalue weighted by atomic mass is 9.79. The Morgan fingerprint density at radius 3 is 3.16 bits per heavy atom. The Morgan fingerprint density at radius 2 is 2.47 bits per heavy atom. The number of hydrogen-bond acceptors (Lipinski definition) is 3. The Hall–Kier alpha value is -1.13. The van der Waals surface area contributed by atoms with Crippen molar-refractivity contribution in [3.8, 4) is 0 Å². The van der Waals surface area contributed by atoms with E-state index in [0.717, 1.165) is 25.7 Å². The SMILES string of the molecule is CC1CCCC(O)(CNC(=O)c2ccncc2Cl)C1. The van der Waals surface area contributed by atoms with Crippen LogP contribution in [0.4, 0.5) is 0 Å². The van der Waals surface area contributed by atoms with Crippen molar-refractivity contribution in [3.05, 3.63) is 29.0 Å². The van der Waals surface area contributed by atoms with E-state index < -0.39 is 5.60 Å². The summed E-state index contributed by atoms with van der Waals surface area (Å²) in [4.78, 5) is 15.8. The van der Waals surface area contributed by atoms with Crippen LogP contribution in [0, 0.1) is 5.92 Å². The minimum absolute atomic E-state index is 0.265. The van der Waals surface area contributed by atoms with Crippen molar-refractivity contribution in [3.63, 3.8) is 0 Å². The molecule has 2 N–H and O–H groups in total. The molecule has 1 fully saturated rings. The monoisotopic (exact) mass is 282 g/mol. The summed E-state index contributed by atoms with van der Waals surface area (Å²) in [6.07, 6.45) is 6.58. The highest BCUT2D eigenvalue weighted by Gasteiger charge is 2.33. The molecule has 0 aliphatic heterocycles. The van der Waals surface area contributed by atoms with E-state index in [9.17, 15) is 9.90 Å². The zero-order valence-electron chi connectivity index (χ0n) is 11.0. The smallest absolute Gasteiger partial charge is 0.253 e. The van der Waals surface area contributed by atoms with Gasteiger partial charge in [0.1, 0.15) is 0 Å². The topological polar surface area (TPSA) is 62.2 Å². The molecule has 0 radical (unpaired) electrons. The molecule has 1 amide bonds. The number of aromatic nitrogens is 1. The lowest BCUT2D eigenvalue weighted by molar-refractivity contribution is -0.0109. The second-order valence-corrected chi connectivity index (χ2v) is 5.87. The molecule has 19 heavy (non-hydrogen) atoms. The van der Waals surface area contributed by atoms with Crippen LogP contribution in [0.25, 0.3) is 0 Å². The molecule has 1 heterocycles. The van der Waals surface area contributed by atoms with Crippen LogP contribution in [0.1, 0.15) is 43.0 Å². The number of aliphatic hydroxyl groups is 1. The molecule has 1 aliphatic carbocycles. The van der Waals surface area contributed by atoms with Gasteiger partial charge >= 0.3 is 0 Å². The van der Waals surface area contributed by atoms with Crippen LogP contribution >= 0.6 is 11.6 Å². The van der Waals surface area contributed by atoms with Gasteiger partial charge in [-0.2, -0.15) is 0 Å². The summed E-state index contributed by atoms with van der Waals surface area (Å²) in [6, 6.07) is 1.57. The number of nitrogens with one attached hydrogen (secondary N) is 1. The van der Waals surface area contributed by atoms with Gasteiger partial charge in [-0.25, -0.2) is 0 Å². The average molecular weight is 283 g/mol. The fraction of sp³-hybridized carbons (Fsp3) is 0.571. The number of hydrogen-bond donors (Lipinski definition) is 2. The van der Waals surface area contributed by atoms with Gasteiger partial charge < -0.3 is 10.4 Å². The van der Waals surface area contributed by atoms with Gasteiger partial charge in [-0.1, -0.05) is 31.4 Å². The van der Waals surface area contributed by atoms with Crippen molar-refractivity contribution >= 4 is 17.5 Å². The fourth-order valence-corrected chi connectivity index (χ4v) is 2.90. The van der Waals surface area contributed by atoms with Gasteiger partial charge in [-0.15, -0.1) is 0 Å². The van der Waals surface area contributed by atoms with Crippen molar-refractivity contribution < 1.29 is 9.90 Å². The van der Waals surface area contributed by atoms with Crippen molar-refractivity contribution in [2.24, 2.45) is 5.92 Å². The second kappa shape index (κ2) is 5.88. The van der Waals surface area contributed by atoms with E-state index in [1.807, 2.05) is 0 Å². The number of carbonyl (C=O) groups excluding carboxylic acids is 1. The maximum atomic E-state index is 12.0. The van der Waals surface area contributed by atoms with Crippen molar-refractivity contribution in [2.75, 3.05) is 6.54 Å². The van der Waals surface area contributed by atoms with E-state index in [1.165, 1.54) is 12.4 Å². The summed E-state index contributed by atoms with van der Waals surface area (Å²) in [5.41, 5.74) is -0.392. The summed E-state index contributed by atoms with van der Waals surface area (Å²) in [7, 11) is 0. The van der Waals surface area contributed by atoms with E-state index in [0.29, 0.717) is 16.5 Å². The molecule has 2 atom stereocenters. The molecule has 0 spiro atoms. The zero-order chi connectivity index (χ0) is 13.9. The number of rotatable bonds is 3. The van der Waals surface area contributed by atoms with Gasteiger partial charge in [0.25, 0.3) is 5.91 Å². The molecule has 1 saturated carbocycles. The predicted octanol–water partition coefficient (Wildman–Crippen LogP) is 2.41. The molecular formula is C14H19ClN2O2. The Labute approximate surface area is 118 Å². The third-order valence-corrected chi connectivity index (χ3v) is 3.96. The Balaban J connectivity index is 1.95. The molecule has 0 aromatic carbocycles. The lowest BCUT2D eigenvalue weighted by Gasteiger charge is -2.35. The first kappa shape index (κ1) is 14.3. The number of amides is 1. The van der Waals surface area contributed by atoms with Crippen molar-refractivity contribution in [2.45, 2.75) is 38.2 Å². The summed E-state index contributed by atoms with van der Waals surface area (Å²) in [5.74, 6) is 0.235. The standard InChI is InChI=1S/C14H19ClN2O2/c1-10-3-2-5-14(19,7-10)9-17-13(18)11-4-6-16-8-12(11)15/h4,6,8,10,19H,2-3,5,7,9H2,1H3,(H,17,18). The molecule has 1 aromatic heterocycles. The Morgan fingerprint density at radius 1 is 1.68 bits per heavy atom. The summed E-state index contributed by atoms with van der Waals surface area (Å²) in [5, 5.41) is 13.5. The Bertz CT molecular complexity index is 467. The maximum Gasteiger partial charge on any atom is 0.253 e. The zero-order valence-corrected chi connectivity index (χ0v) is 11.8. The molecular weight excluding hydrogens is 264 g/mol. The largest absolute Gasteiger partial charge is 0.388 e. The first-order valence-electron chi connectivity index (χ1n) is 6.60. The highest BCUT2D eigenvalue weighted by molar-refractivity contribution is 6.33. The van der Waals surface area contributed by atoms with Crippen molar-refractivity contribution in [1.82, 2.24) is 10.3 Å². The second-order valence-electron chi connectivity index (χ2n) is 5.46. The number of halogens is 1. The minimum atomic E-state index is -0.785. The van der Waals surface area contributed by atoms with Crippen LogP contribution in [0.15, 0.2) is 18.5 Å². The van der Waals surface area contributed by atoms with Gasteiger partial charge in [0.2, 0.25) is 0 Å². The number of nitrogens with zero attached hydrogens (tertiary/aromatic N) is 1. The third kappa shape index (κ3) is 3.67. The van der Waals surface area contributed by atoms with Gasteiger partial charge in [-0.3, -0.25) is 9.78 Å². The van der Waals surface area contributed by atoms with Crippen LogP contribution in [0.2, 0.25) is 5.02 Å². The van der Waals surface area contributed by atoms with Gasteiger partial charge in [0, 0.05) is 18.9 Å². The first-order chi connectivity index (χ1) is 9.00. The molecule has 1 aliphatic rings. The molecule has 0 saturated heterocycles. The molecule has 5 heteroatoms. The van der Waals surface area contributed by atoms with E-state index in [2.05, 4.69) is 17.2 Å². The summed E-state index contributed by atoms with van der Waals surface area (Å²) < 4.78 is 0. The fourth-order valence-electron chi connectivity index (χ4n) is 2.69. The van der Waals surface area contributed by atoms with E-state index >= 15 is 0 Å². The lowest BCUT2D eigenvalue weighted by Crippen LogP contribution is -2.45. The van der Waals surface area contributed by atoms with Gasteiger partial charge in [0.05, 0.1) is 16.2 Å². The maximum absolute atomic E-state index is 12.0. The molecule has 2 rings (SSSR count). The highest BCUT2D eigenvalue weighted by atomic mass is 35.5. The van der Waals surface area contributed by atoms with E-state index in [-0.39, 0.29) is 12.5 Å². The van der Waals surface area contributed by atoms with E-state index in [1.54, 1.807) is 6.07 Å². The van der Waals surface area contributed by atoms with E-state index in [4.69, 9.17) is 11.6 Å². The summed E-state index contributed by atoms with van der Waals surface area (Å²) >= 11 is 5.91. The summed E-state index contributed by atoms with van der Waals surface area (Å²) in [6.45, 7) is 2.40. The molecule has 0 bridgehead atoms. The first-order valence-corrected chi connectivity index (χ1v) is 6.98.